The summed E-state index contributed by atoms with van der Waals surface area (Å²) in [5.74, 6) is -2.08. The second-order valence-corrected chi connectivity index (χ2v) is 5.72. The van der Waals surface area contributed by atoms with Gasteiger partial charge in [0.2, 0.25) is 5.91 Å². The van der Waals surface area contributed by atoms with E-state index in [0.29, 0.717) is 34.7 Å². The summed E-state index contributed by atoms with van der Waals surface area (Å²) < 4.78 is 24.3. The number of carbonyl (C=O) groups is 1. The molecule has 0 radical (unpaired) electrons. The van der Waals surface area contributed by atoms with Gasteiger partial charge in [0, 0.05) is 23.0 Å². The summed E-state index contributed by atoms with van der Waals surface area (Å²) in [7, 11) is 0. The molecule has 19 heavy (non-hydrogen) atoms. The summed E-state index contributed by atoms with van der Waals surface area (Å²) in [6.07, 6.45) is 2.51. The van der Waals surface area contributed by atoms with Crippen molar-refractivity contribution >= 4 is 23.4 Å². The lowest BCUT2D eigenvalue weighted by Crippen LogP contribution is -2.28. The third-order valence-corrected chi connectivity index (χ3v) is 3.73. The fourth-order valence-electron chi connectivity index (χ4n) is 1.84. The Labute approximate surface area is 114 Å². The SMILES string of the molecule is NC(CC(=O)Nc1ccc(SC(F)F)cc1)C1CC1. The molecule has 6 heteroatoms. The van der Waals surface area contributed by atoms with Crippen molar-refractivity contribution in [3.05, 3.63) is 24.3 Å². The number of alkyl halides is 2. The minimum atomic E-state index is -2.43. The molecule has 1 unspecified atom stereocenters. The Hall–Kier alpha value is -1.14. The second kappa shape index (κ2) is 6.34. The zero-order valence-corrected chi connectivity index (χ0v) is 11.1. The van der Waals surface area contributed by atoms with Gasteiger partial charge in [0.05, 0.1) is 0 Å². The Morgan fingerprint density at radius 1 is 1.37 bits per heavy atom. The highest BCUT2D eigenvalue weighted by Gasteiger charge is 2.29. The topological polar surface area (TPSA) is 55.1 Å². The summed E-state index contributed by atoms with van der Waals surface area (Å²) in [5, 5.41) is 2.72. The van der Waals surface area contributed by atoms with Crippen molar-refractivity contribution in [2.45, 2.75) is 36.0 Å². The zero-order chi connectivity index (χ0) is 13.8. The quantitative estimate of drug-likeness (QED) is 0.790. The van der Waals surface area contributed by atoms with Gasteiger partial charge in [-0.15, -0.1) is 0 Å². The van der Waals surface area contributed by atoms with Crippen molar-refractivity contribution < 1.29 is 13.6 Å². The molecule has 104 valence electrons. The van der Waals surface area contributed by atoms with Crippen molar-refractivity contribution in [1.29, 1.82) is 0 Å². The first-order valence-electron chi connectivity index (χ1n) is 6.15. The van der Waals surface area contributed by atoms with Crippen LogP contribution in [0.1, 0.15) is 19.3 Å². The van der Waals surface area contributed by atoms with Gasteiger partial charge >= 0.3 is 0 Å². The molecule has 1 fully saturated rings. The van der Waals surface area contributed by atoms with E-state index < -0.39 is 5.76 Å². The van der Waals surface area contributed by atoms with Gasteiger partial charge in [0.15, 0.2) is 0 Å². The molecule has 1 aliphatic carbocycles. The number of amides is 1. The van der Waals surface area contributed by atoms with Crippen LogP contribution in [0.15, 0.2) is 29.2 Å². The van der Waals surface area contributed by atoms with Crippen LogP contribution in [0.2, 0.25) is 0 Å². The lowest BCUT2D eigenvalue weighted by atomic mass is 10.1. The van der Waals surface area contributed by atoms with E-state index in [2.05, 4.69) is 5.32 Å². The fourth-order valence-corrected chi connectivity index (χ4v) is 2.34. The summed E-state index contributed by atoms with van der Waals surface area (Å²) in [4.78, 5) is 12.2. The smallest absolute Gasteiger partial charge is 0.288 e. The standard InChI is InChI=1S/C13H16F2N2OS/c14-13(15)19-10-5-3-9(4-6-10)17-12(18)7-11(16)8-1-2-8/h3-6,8,11,13H,1-2,7,16H2,(H,17,18). The van der Waals surface area contributed by atoms with E-state index in [0.717, 1.165) is 12.8 Å². The van der Waals surface area contributed by atoms with Gasteiger partial charge in [-0.1, -0.05) is 11.8 Å². The van der Waals surface area contributed by atoms with Gasteiger partial charge in [0.25, 0.3) is 5.76 Å². The molecular weight excluding hydrogens is 270 g/mol. The Morgan fingerprint density at radius 3 is 2.53 bits per heavy atom. The normalized spacial score (nSPS) is 16.4. The monoisotopic (exact) mass is 286 g/mol. The number of rotatable bonds is 6. The molecule has 0 heterocycles. The first kappa shape index (κ1) is 14.3. The van der Waals surface area contributed by atoms with E-state index in [1.54, 1.807) is 24.3 Å². The number of anilines is 1. The van der Waals surface area contributed by atoms with Crippen molar-refractivity contribution in [1.82, 2.24) is 0 Å². The number of nitrogens with one attached hydrogen (secondary N) is 1. The number of benzene rings is 1. The molecule has 0 aromatic heterocycles. The summed E-state index contributed by atoms with van der Waals surface area (Å²) >= 11 is 0.483. The number of thioether (sulfide) groups is 1. The summed E-state index contributed by atoms with van der Waals surface area (Å²) in [5.41, 5.74) is 6.47. The van der Waals surface area contributed by atoms with Crippen LogP contribution in [0.5, 0.6) is 0 Å². The van der Waals surface area contributed by atoms with Gasteiger partial charge in [0.1, 0.15) is 0 Å². The third kappa shape index (κ3) is 4.80. The first-order chi connectivity index (χ1) is 9.04. The summed E-state index contributed by atoms with van der Waals surface area (Å²) in [6.45, 7) is 0. The molecule has 1 aliphatic rings. The Bertz CT molecular complexity index is 435. The highest BCUT2D eigenvalue weighted by molar-refractivity contribution is 7.99. The number of carbonyl (C=O) groups excluding carboxylic acids is 1. The third-order valence-electron chi connectivity index (χ3n) is 3.01. The Balaban J connectivity index is 1.82. The van der Waals surface area contributed by atoms with Gasteiger partial charge in [-0.3, -0.25) is 4.79 Å². The highest BCUT2D eigenvalue weighted by Crippen LogP contribution is 2.33. The first-order valence-corrected chi connectivity index (χ1v) is 7.03. The van der Waals surface area contributed by atoms with E-state index >= 15 is 0 Å². The van der Waals surface area contributed by atoms with E-state index in [9.17, 15) is 13.6 Å². The number of hydrogen-bond donors (Lipinski definition) is 2. The van der Waals surface area contributed by atoms with Gasteiger partial charge in [-0.2, -0.15) is 8.78 Å². The molecule has 2 rings (SSSR count). The molecule has 1 aromatic carbocycles. The van der Waals surface area contributed by atoms with Crippen molar-refractivity contribution in [3.63, 3.8) is 0 Å². The Morgan fingerprint density at radius 2 is 2.00 bits per heavy atom. The molecule has 0 aliphatic heterocycles. The van der Waals surface area contributed by atoms with Crippen molar-refractivity contribution in [2.24, 2.45) is 11.7 Å². The van der Waals surface area contributed by atoms with Crippen LogP contribution >= 0.6 is 11.8 Å². The Kier molecular flexibility index (Phi) is 4.76. The van der Waals surface area contributed by atoms with Crippen LogP contribution in [-0.4, -0.2) is 17.7 Å². The van der Waals surface area contributed by atoms with E-state index in [-0.39, 0.29) is 11.9 Å². The number of hydrogen-bond acceptors (Lipinski definition) is 3. The number of nitrogens with two attached hydrogens (primary N) is 1. The summed E-state index contributed by atoms with van der Waals surface area (Å²) in [6, 6.07) is 6.28. The van der Waals surface area contributed by atoms with Crippen molar-refractivity contribution in [2.75, 3.05) is 5.32 Å². The molecule has 0 spiro atoms. The maximum absolute atomic E-state index is 12.1. The lowest BCUT2D eigenvalue weighted by molar-refractivity contribution is -0.116. The van der Waals surface area contributed by atoms with Crippen LogP contribution in [0, 0.1) is 5.92 Å². The molecule has 3 nitrogen and oxygen atoms in total. The van der Waals surface area contributed by atoms with Gasteiger partial charge < -0.3 is 11.1 Å². The van der Waals surface area contributed by atoms with E-state index in [1.807, 2.05) is 0 Å². The molecule has 0 saturated heterocycles. The maximum Gasteiger partial charge on any atom is 0.288 e. The van der Waals surface area contributed by atoms with Crippen LogP contribution in [0.25, 0.3) is 0 Å². The molecule has 1 saturated carbocycles. The number of halogens is 2. The van der Waals surface area contributed by atoms with Crippen LogP contribution in [0.3, 0.4) is 0 Å². The maximum atomic E-state index is 12.1. The average Bonchev–Trinajstić information content (AvgIpc) is 3.14. The molecule has 0 bridgehead atoms. The van der Waals surface area contributed by atoms with E-state index in [1.165, 1.54) is 0 Å². The minimum absolute atomic E-state index is 0.0753. The fraction of sp³-hybridized carbons (Fsp3) is 0.462. The molecule has 1 aromatic rings. The van der Waals surface area contributed by atoms with E-state index in [4.69, 9.17) is 5.73 Å². The predicted octanol–water partition coefficient (Wildman–Crippen LogP) is 3.07. The van der Waals surface area contributed by atoms with Crippen LogP contribution < -0.4 is 11.1 Å². The molecule has 1 amide bonds. The molecular formula is C13H16F2N2OS. The van der Waals surface area contributed by atoms with Gasteiger partial charge in [-0.25, -0.2) is 0 Å². The second-order valence-electron chi connectivity index (χ2n) is 4.66. The largest absolute Gasteiger partial charge is 0.327 e. The van der Waals surface area contributed by atoms with Crippen LogP contribution in [0.4, 0.5) is 14.5 Å². The molecule has 1 atom stereocenters. The lowest BCUT2D eigenvalue weighted by Gasteiger charge is -2.10. The highest BCUT2D eigenvalue weighted by atomic mass is 32.2. The minimum Gasteiger partial charge on any atom is -0.327 e. The zero-order valence-electron chi connectivity index (χ0n) is 10.3. The predicted molar refractivity (Wildman–Crippen MR) is 72.2 cm³/mol. The molecule has 3 N–H and O–H groups in total. The van der Waals surface area contributed by atoms with Crippen molar-refractivity contribution in [3.8, 4) is 0 Å². The van der Waals surface area contributed by atoms with Gasteiger partial charge in [-0.05, 0) is 43.0 Å². The van der Waals surface area contributed by atoms with Crippen LogP contribution in [-0.2, 0) is 4.79 Å². The average molecular weight is 286 g/mol.